The highest BCUT2D eigenvalue weighted by Gasteiger charge is 2.13. The second-order valence-electron chi connectivity index (χ2n) is 5.83. The molecule has 0 saturated carbocycles. The average molecular weight is 338 g/mol. The Hall–Kier alpha value is -4.10. The Balaban J connectivity index is 4.06. The van der Waals surface area contributed by atoms with Crippen molar-refractivity contribution in [1.82, 2.24) is 0 Å². The van der Waals surface area contributed by atoms with Crippen LogP contribution in [0, 0.1) is 79.8 Å². The second-order valence-corrected chi connectivity index (χ2v) is 5.83. The first-order valence-corrected chi connectivity index (χ1v) is 7.75. The normalized spacial score (nSPS) is 11.2. The lowest BCUT2D eigenvalue weighted by Crippen LogP contribution is -2.25. The molecule has 0 aromatic heterocycles. The molecule has 0 bridgehead atoms. The van der Waals surface area contributed by atoms with E-state index in [4.69, 9.17) is 10.5 Å². The fourth-order valence-electron chi connectivity index (χ4n) is 2.53. The Kier molecular flexibility index (Phi) is 7.10. The smallest absolute Gasteiger partial charge is 0.137 e. The molecular weight excluding hydrogens is 324 g/mol. The van der Waals surface area contributed by atoms with E-state index in [0.29, 0.717) is 21.6 Å². The largest absolute Gasteiger partial charge is 0.198 e. The van der Waals surface area contributed by atoms with E-state index in [1.54, 1.807) is 26.0 Å². The number of nitriles is 6. The van der Waals surface area contributed by atoms with E-state index in [2.05, 4.69) is 12.1 Å². The van der Waals surface area contributed by atoms with Crippen LogP contribution in [0.2, 0.25) is 0 Å². The first-order valence-electron chi connectivity index (χ1n) is 7.75. The van der Waals surface area contributed by atoms with Gasteiger partial charge in [-0.25, -0.2) is 0 Å². The van der Waals surface area contributed by atoms with Crippen molar-refractivity contribution in [2.45, 2.75) is 26.7 Å². The summed E-state index contributed by atoms with van der Waals surface area (Å²) >= 11 is 0. The topological polar surface area (TPSA) is 143 Å². The summed E-state index contributed by atoms with van der Waals surface area (Å²) in [6.07, 6.45) is 0.536. The van der Waals surface area contributed by atoms with E-state index in [1.807, 2.05) is 24.3 Å². The highest BCUT2D eigenvalue weighted by atomic mass is 14.3. The Bertz CT molecular complexity index is 963. The number of nitrogens with zero attached hydrogens (tertiary/aromatic N) is 6. The minimum Gasteiger partial charge on any atom is -0.198 e. The molecule has 0 aliphatic heterocycles. The van der Waals surface area contributed by atoms with E-state index < -0.39 is 0 Å². The molecule has 6 nitrogen and oxygen atoms in total. The van der Waals surface area contributed by atoms with Crippen molar-refractivity contribution in [3.63, 3.8) is 0 Å². The van der Waals surface area contributed by atoms with Gasteiger partial charge >= 0.3 is 0 Å². The highest BCUT2D eigenvalue weighted by Crippen LogP contribution is 2.09. The molecule has 1 aromatic rings. The number of rotatable bonds is 4. The van der Waals surface area contributed by atoms with E-state index >= 15 is 0 Å². The van der Waals surface area contributed by atoms with Crippen molar-refractivity contribution in [1.29, 1.82) is 31.6 Å². The lowest BCUT2D eigenvalue weighted by atomic mass is 9.91. The standard InChI is InChI=1S/C20H14N6/c1-13(7-21)3-15-5-20(18(11-25)12-26)16(4-14(2)8-22)6-19(15)17(9-23)10-24/h5-6,13-14H,3-4H2,1-2H3. The van der Waals surface area contributed by atoms with Crippen molar-refractivity contribution in [3.05, 3.63) is 33.7 Å². The Morgan fingerprint density at radius 1 is 0.692 bits per heavy atom. The van der Waals surface area contributed by atoms with Crippen molar-refractivity contribution >= 4 is 11.1 Å². The molecule has 0 spiro atoms. The zero-order chi connectivity index (χ0) is 19.7. The summed E-state index contributed by atoms with van der Waals surface area (Å²) < 4.78 is 0. The summed E-state index contributed by atoms with van der Waals surface area (Å²) in [7, 11) is 0. The molecule has 2 atom stereocenters. The third-order valence-corrected chi connectivity index (χ3v) is 3.81. The van der Waals surface area contributed by atoms with Crippen LogP contribution in [-0.2, 0) is 12.8 Å². The third-order valence-electron chi connectivity index (χ3n) is 3.81. The Labute approximate surface area is 152 Å². The van der Waals surface area contributed by atoms with Gasteiger partial charge < -0.3 is 0 Å². The highest BCUT2D eigenvalue weighted by molar-refractivity contribution is 5.76. The summed E-state index contributed by atoms with van der Waals surface area (Å²) in [5.41, 5.74) is 0.864. The molecule has 26 heavy (non-hydrogen) atoms. The molecular formula is C20H14N6. The maximum Gasteiger partial charge on any atom is 0.137 e. The van der Waals surface area contributed by atoms with Crippen LogP contribution in [-0.4, -0.2) is 0 Å². The molecule has 6 heteroatoms. The molecule has 2 unspecified atom stereocenters. The zero-order valence-corrected chi connectivity index (χ0v) is 14.4. The molecule has 0 aliphatic rings. The second kappa shape index (κ2) is 9.26. The summed E-state index contributed by atoms with van der Waals surface area (Å²) in [4.78, 5) is 0. The fourth-order valence-corrected chi connectivity index (χ4v) is 2.53. The summed E-state index contributed by atoms with van der Waals surface area (Å²) in [6, 6.07) is 14.7. The molecule has 0 saturated heterocycles. The van der Waals surface area contributed by atoms with Crippen molar-refractivity contribution < 1.29 is 0 Å². The zero-order valence-electron chi connectivity index (χ0n) is 14.4. The average Bonchev–Trinajstić information content (AvgIpc) is 2.65. The van der Waals surface area contributed by atoms with E-state index in [-0.39, 0.29) is 35.8 Å². The third kappa shape index (κ3) is 4.47. The van der Waals surface area contributed by atoms with Crippen LogP contribution in [0.5, 0.6) is 0 Å². The molecule has 1 aromatic carbocycles. The lowest BCUT2D eigenvalue weighted by Gasteiger charge is -2.10. The Morgan fingerprint density at radius 2 is 1.00 bits per heavy atom. The predicted octanol–water partition coefficient (Wildman–Crippen LogP) is 1.49. The number of hydrogen-bond donors (Lipinski definition) is 0. The van der Waals surface area contributed by atoms with E-state index in [0.717, 1.165) is 0 Å². The van der Waals surface area contributed by atoms with Gasteiger partial charge in [-0.15, -0.1) is 0 Å². The molecule has 1 rings (SSSR count). The van der Waals surface area contributed by atoms with E-state index in [9.17, 15) is 21.0 Å². The summed E-state index contributed by atoms with van der Waals surface area (Å²) in [5, 5.41) is 55.9. The van der Waals surface area contributed by atoms with Crippen LogP contribution < -0.4 is 10.4 Å². The van der Waals surface area contributed by atoms with Gasteiger partial charge in [-0.05, 0) is 49.9 Å². The minimum atomic E-state index is -0.378. The van der Waals surface area contributed by atoms with Gasteiger partial charge in [-0.1, -0.05) is 0 Å². The molecule has 0 fully saturated rings. The van der Waals surface area contributed by atoms with Gasteiger partial charge in [-0.2, -0.15) is 31.6 Å². The molecule has 0 radical (unpaired) electrons. The van der Waals surface area contributed by atoms with Crippen molar-refractivity contribution in [3.8, 4) is 36.4 Å². The van der Waals surface area contributed by atoms with Gasteiger partial charge in [0.05, 0.1) is 12.1 Å². The maximum absolute atomic E-state index is 9.25. The SMILES string of the molecule is CC(C#N)Cc1cc(=C(C#N)C#N)c(CC(C)C#N)cc1=C(C#N)C#N. The quantitative estimate of drug-likeness (QED) is 0.813. The van der Waals surface area contributed by atoms with Crippen LogP contribution in [0.25, 0.3) is 11.1 Å². The van der Waals surface area contributed by atoms with Gasteiger partial charge in [0.25, 0.3) is 0 Å². The monoisotopic (exact) mass is 338 g/mol. The molecule has 124 valence electrons. The van der Waals surface area contributed by atoms with Crippen LogP contribution in [0.4, 0.5) is 0 Å². The van der Waals surface area contributed by atoms with Gasteiger partial charge in [0.1, 0.15) is 35.4 Å². The van der Waals surface area contributed by atoms with Gasteiger partial charge in [0.15, 0.2) is 0 Å². The van der Waals surface area contributed by atoms with Crippen LogP contribution >= 0.6 is 0 Å². The van der Waals surface area contributed by atoms with Gasteiger partial charge in [0, 0.05) is 22.3 Å². The molecule has 0 N–H and O–H groups in total. The van der Waals surface area contributed by atoms with Crippen LogP contribution in [0.1, 0.15) is 25.0 Å². The van der Waals surface area contributed by atoms with E-state index in [1.165, 1.54) is 0 Å². The number of benzene rings is 1. The summed E-state index contributed by atoms with van der Waals surface area (Å²) in [5.74, 6) is -0.756. The fraction of sp³-hybridized carbons (Fsp3) is 0.300. The van der Waals surface area contributed by atoms with Crippen LogP contribution in [0.3, 0.4) is 0 Å². The molecule has 0 heterocycles. The first-order chi connectivity index (χ1) is 12.4. The minimum absolute atomic E-state index is 0.113. The maximum atomic E-state index is 9.25. The van der Waals surface area contributed by atoms with Gasteiger partial charge in [0.2, 0.25) is 0 Å². The van der Waals surface area contributed by atoms with Crippen molar-refractivity contribution in [2.75, 3.05) is 0 Å². The summed E-state index contributed by atoms with van der Waals surface area (Å²) in [6.45, 7) is 3.40. The molecule has 0 aliphatic carbocycles. The number of hydrogen-bond acceptors (Lipinski definition) is 6. The first kappa shape index (κ1) is 19.9. The van der Waals surface area contributed by atoms with Gasteiger partial charge in [-0.3, -0.25) is 0 Å². The molecule has 0 amide bonds. The van der Waals surface area contributed by atoms with Crippen molar-refractivity contribution in [2.24, 2.45) is 11.8 Å². The van der Waals surface area contributed by atoms with Crippen LogP contribution in [0.15, 0.2) is 12.1 Å². The predicted molar refractivity (Wildman–Crippen MR) is 91.9 cm³/mol. The Morgan fingerprint density at radius 3 is 1.23 bits per heavy atom. The lowest BCUT2D eigenvalue weighted by molar-refractivity contribution is 0.723.